The molecule has 0 unspecified atom stereocenters. The Morgan fingerprint density at radius 3 is 1.95 bits per heavy atom. The Labute approximate surface area is 122 Å². The largest absolute Gasteiger partial charge is 0.383 e. The molecule has 0 aromatic carbocycles. The molecule has 0 N–H and O–H groups in total. The van der Waals surface area contributed by atoms with Gasteiger partial charge in [-0.25, -0.2) is 0 Å². The number of thiocarbonyl (C=S) groups is 1. The van der Waals surface area contributed by atoms with Crippen LogP contribution >= 0.6 is 12.2 Å². The van der Waals surface area contributed by atoms with Crippen molar-refractivity contribution in [1.29, 1.82) is 0 Å². The lowest BCUT2D eigenvalue weighted by molar-refractivity contribution is 0.0146. The fraction of sp³-hybridized carbons (Fsp3) is 0.923. The van der Waals surface area contributed by atoms with Gasteiger partial charge in [0.15, 0.2) is 0 Å². The minimum atomic E-state index is 0.598. The molecule has 0 aliphatic rings. The Kier molecular flexibility index (Phi) is 13.9. The van der Waals surface area contributed by atoms with E-state index in [0.29, 0.717) is 39.6 Å². The molecule has 0 aliphatic carbocycles. The molecule has 0 spiro atoms. The van der Waals surface area contributed by atoms with Gasteiger partial charge in [-0.2, -0.15) is 0 Å². The van der Waals surface area contributed by atoms with Crippen LogP contribution in [0.25, 0.3) is 0 Å². The van der Waals surface area contributed by atoms with Crippen LogP contribution in [0.3, 0.4) is 0 Å². The average Bonchev–Trinajstić information content (AvgIpc) is 2.39. The topological polar surface area (TPSA) is 40.2 Å². The minimum absolute atomic E-state index is 0.598. The third-order valence-corrected chi connectivity index (χ3v) is 2.72. The molecule has 0 aromatic heterocycles. The van der Waals surface area contributed by atoms with Gasteiger partial charge in [0.2, 0.25) is 0 Å². The molecular weight excluding hydrogens is 266 g/mol. The summed E-state index contributed by atoms with van der Waals surface area (Å²) in [6.07, 6.45) is 0. The minimum Gasteiger partial charge on any atom is -0.383 e. The number of hydrogen-bond acceptors (Lipinski definition) is 5. The van der Waals surface area contributed by atoms with Crippen LogP contribution in [0.15, 0.2) is 0 Å². The summed E-state index contributed by atoms with van der Waals surface area (Å²) in [7, 11) is 1.69. The first-order chi connectivity index (χ1) is 9.22. The predicted octanol–water partition coefficient (Wildman–Crippen LogP) is 1.35. The van der Waals surface area contributed by atoms with Gasteiger partial charge in [0.1, 0.15) is 0 Å². The van der Waals surface area contributed by atoms with Gasteiger partial charge in [0.25, 0.3) is 0 Å². The second-order valence-electron chi connectivity index (χ2n) is 3.92. The summed E-state index contributed by atoms with van der Waals surface area (Å²) in [6, 6.07) is 0. The summed E-state index contributed by atoms with van der Waals surface area (Å²) in [4.78, 5) is 2.95. The van der Waals surface area contributed by atoms with Crippen LogP contribution in [0.1, 0.15) is 13.8 Å². The maximum atomic E-state index is 5.49. The van der Waals surface area contributed by atoms with Crippen LogP contribution < -0.4 is 0 Å². The van der Waals surface area contributed by atoms with E-state index in [4.69, 9.17) is 31.2 Å². The highest BCUT2D eigenvalue weighted by Gasteiger charge is 2.04. The molecule has 0 rings (SSSR count). The number of ether oxygens (including phenoxy) is 4. The second-order valence-corrected chi connectivity index (χ2v) is 4.51. The highest BCUT2D eigenvalue weighted by molar-refractivity contribution is 7.80. The quantitative estimate of drug-likeness (QED) is 0.377. The first kappa shape index (κ1) is 18.7. The van der Waals surface area contributed by atoms with E-state index in [9.17, 15) is 0 Å². The van der Waals surface area contributed by atoms with Crippen LogP contribution in [0, 0.1) is 0 Å². The molecule has 114 valence electrons. The van der Waals surface area contributed by atoms with E-state index in [1.807, 2.05) is 13.8 Å². The first-order valence-electron chi connectivity index (χ1n) is 6.70. The van der Waals surface area contributed by atoms with E-state index in [0.717, 1.165) is 24.7 Å². The van der Waals surface area contributed by atoms with Gasteiger partial charge >= 0.3 is 0 Å². The number of hydrogen-bond donors (Lipinski definition) is 0. The third-order valence-electron chi connectivity index (χ3n) is 2.46. The molecular formula is C13H27NO4S. The number of methoxy groups -OCH3 is 1. The fourth-order valence-corrected chi connectivity index (χ4v) is 1.57. The zero-order valence-corrected chi connectivity index (χ0v) is 13.2. The molecule has 0 atom stereocenters. The van der Waals surface area contributed by atoms with E-state index in [1.54, 1.807) is 7.11 Å². The monoisotopic (exact) mass is 293 g/mol. The number of nitrogens with zero attached hydrogens (tertiary/aromatic N) is 1. The smallest absolute Gasteiger partial charge is 0.0749 e. The highest BCUT2D eigenvalue weighted by atomic mass is 32.1. The molecule has 0 saturated heterocycles. The Morgan fingerprint density at radius 1 is 0.895 bits per heavy atom. The van der Waals surface area contributed by atoms with Gasteiger partial charge in [-0.3, -0.25) is 0 Å². The molecule has 0 bridgehead atoms. The van der Waals surface area contributed by atoms with Crippen molar-refractivity contribution >= 4 is 17.2 Å². The van der Waals surface area contributed by atoms with Crippen LogP contribution in [-0.2, 0) is 18.9 Å². The third kappa shape index (κ3) is 12.5. The molecule has 0 aliphatic heterocycles. The fourth-order valence-electron chi connectivity index (χ4n) is 1.39. The first-order valence-corrected chi connectivity index (χ1v) is 7.10. The van der Waals surface area contributed by atoms with Crippen molar-refractivity contribution in [3.05, 3.63) is 0 Å². The summed E-state index contributed by atoms with van der Waals surface area (Å²) < 4.78 is 21.0. The van der Waals surface area contributed by atoms with Gasteiger partial charge in [0, 0.05) is 26.8 Å². The Hall–Kier alpha value is -0.270. The molecule has 6 heteroatoms. The van der Waals surface area contributed by atoms with Crippen molar-refractivity contribution in [2.24, 2.45) is 0 Å². The number of rotatable bonds is 13. The van der Waals surface area contributed by atoms with Crippen molar-refractivity contribution in [2.45, 2.75) is 13.8 Å². The standard InChI is InChI=1S/C13H27NO4S/c1-4-16-9-10-18-12-11-17-8-6-14(13(2)19)5-7-15-3/h4-12H2,1-3H3. The van der Waals surface area contributed by atoms with E-state index in [1.165, 1.54) is 0 Å². The van der Waals surface area contributed by atoms with Crippen molar-refractivity contribution in [1.82, 2.24) is 4.90 Å². The van der Waals surface area contributed by atoms with Crippen LogP contribution in [0.5, 0.6) is 0 Å². The summed E-state index contributed by atoms with van der Waals surface area (Å²) >= 11 is 5.17. The summed E-state index contributed by atoms with van der Waals surface area (Å²) in [5.74, 6) is 0. The zero-order valence-electron chi connectivity index (χ0n) is 12.4. The highest BCUT2D eigenvalue weighted by Crippen LogP contribution is 1.93. The lowest BCUT2D eigenvalue weighted by Crippen LogP contribution is -2.34. The molecule has 0 heterocycles. The Bertz CT molecular complexity index is 217. The van der Waals surface area contributed by atoms with E-state index in [-0.39, 0.29) is 0 Å². The summed E-state index contributed by atoms with van der Waals surface area (Å²) in [6.45, 7) is 10.00. The van der Waals surface area contributed by atoms with Crippen LogP contribution in [0.2, 0.25) is 0 Å². The summed E-state index contributed by atoms with van der Waals surface area (Å²) in [5.41, 5.74) is 0. The molecule has 0 amide bonds. The Balaban J connectivity index is 3.37. The van der Waals surface area contributed by atoms with Crippen molar-refractivity contribution in [2.75, 3.05) is 66.4 Å². The normalized spacial score (nSPS) is 10.7. The zero-order chi connectivity index (χ0) is 14.3. The average molecular weight is 293 g/mol. The van der Waals surface area contributed by atoms with Crippen molar-refractivity contribution in [3.8, 4) is 0 Å². The van der Waals surface area contributed by atoms with E-state index < -0.39 is 0 Å². The maximum Gasteiger partial charge on any atom is 0.0749 e. The van der Waals surface area contributed by atoms with Gasteiger partial charge in [-0.15, -0.1) is 0 Å². The molecule has 0 radical (unpaired) electrons. The van der Waals surface area contributed by atoms with Crippen LogP contribution in [0.4, 0.5) is 0 Å². The van der Waals surface area contributed by atoms with Gasteiger partial charge in [-0.1, -0.05) is 12.2 Å². The van der Waals surface area contributed by atoms with Gasteiger partial charge in [0.05, 0.1) is 44.6 Å². The molecule has 0 fully saturated rings. The van der Waals surface area contributed by atoms with Gasteiger partial charge in [-0.05, 0) is 13.8 Å². The molecule has 0 saturated carbocycles. The van der Waals surface area contributed by atoms with Crippen LogP contribution in [-0.4, -0.2) is 76.3 Å². The van der Waals surface area contributed by atoms with Crippen molar-refractivity contribution < 1.29 is 18.9 Å². The lowest BCUT2D eigenvalue weighted by atomic mass is 10.4. The predicted molar refractivity (Wildman–Crippen MR) is 79.9 cm³/mol. The maximum absolute atomic E-state index is 5.49. The summed E-state index contributed by atoms with van der Waals surface area (Å²) in [5, 5.41) is 0. The molecule has 0 aromatic rings. The Morgan fingerprint density at radius 2 is 1.42 bits per heavy atom. The van der Waals surface area contributed by atoms with E-state index in [2.05, 4.69) is 4.90 Å². The van der Waals surface area contributed by atoms with E-state index >= 15 is 0 Å². The lowest BCUT2D eigenvalue weighted by Gasteiger charge is -2.22. The molecule has 19 heavy (non-hydrogen) atoms. The van der Waals surface area contributed by atoms with Crippen molar-refractivity contribution in [3.63, 3.8) is 0 Å². The van der Waals surface area contributed by atoms with Gasteiger partial charge < -0.3 is 23.8 Å². The second kappa shape index (κ2) is 14.1. The molecule has 5 nitrogen and oxygen atoms in total. The SMILES string of the molecule is CCOCCOCCOCCN(CCOC)C(C)=S.